The first kappa shape index (κ1) is 18.4. The van der Waals surface area contributed by atoms with Crippen molar-refractivity contribution in [1.82, 2.24) is 9.88 Å². The molecule has 1 aromatic carbocycles. The Morgan fingerprint density at radius 3 is 2.58 bits per heavy atom. The lowest BCUT2D eigenvalue weighted by Crippen LogP contribution is -2.39. The van der Waals surface area contributed by atoms with E-state index in [9.17, 15) is 4.79 Å². The number of anilines is 2. The van der Waals surface area contributed by atoms with Gasteiger partial charge in [-0.05, 0) is 49.2 Å². The number of nitrogens with one attached hydrogen (secondary N) is 2. The third-order valence-corrected chi connectivity index (χ3v) is 4.33. The zero-order chi connectivity index (χ0) is 18.4. The predicted octanol–water partition coefficient (Wildman–Crippen LogP) is 2.69. The molecule has 2 N–H and O–H groups in total. The summed E-state index contributed by atoms with van der Waals surface area (Å²) in [4.78, 5) is 19.1. The molecule has 2 aromatic rings. The SMILES string of the molecule is Cc1cc(C)cc(NC(=O)c2cc(NCCN3CCOCC3)ccn2)c1. The molecule has 0 spiro atoms. The van der Waals surface area contributed by atoms with Gasteiger partial charge in [0.05, 0.1) is 13.2 Å². The fraction of sp³-hybridized carbons (Fsp3) is 0.400. The number of hydrogen-bond acceptors (Lipinski definition) is 5. The minimum atomic E-state index is -0.202. The van der Waals surface area contributed by atoms with Crippen LogP contribution in [0.25, 0.3) is 0 Å². The first-order valence-corrected chi connectivity index (χ1v) is 9.00. The first-order valence-electron chi connectivity index (χ1n) is 9.00. The fourth-order valence-corrected chi connectivity index (χ4v) is 3.09. The van der Waals surface area contributed by atoms with Crippen LogP contribution in [0.2, 0.25) is 0 Å². The Balaban J connectivity index is 1.56. The number of aryl methyl sites for hydroxylation is 2. The molecule has 0 radical (unpaired) electrons. The molecule has 0 atom stereocenters. The molecule has 0 aliphatic carbocycles. The second-order valence-corrected chi connectivity index (χ2v) is 6.64. The number of ether oxygens (including phenoxy) is 1. The van der Waals surface area contributed by atoms with Gasteiger partial charge in [0, 0.05) is 43.8 Å². The summed E-state index contributed by atoms with van der Waals surface area (Å²) in [5, 5.41) is 6.29. The Kier molecular flexibility index (Phi) is 6.20. The highest BCUT2D eigenvalue weighted by molar-refractivity contribution is 6.03. The van der Waals surface area contributed by atoms with E-state index >= 15 is 0 Å². The monoisotopic (exact) mass is 354 g/mol. The van der Waals surface area contributed by atoms with E-state index in [-0.39, 0.29) is 5.91 Å². The van der Waals surface area contributed by atoms with Gasteiger partial charge < -0.3 is 15.4 Å². The second kappa shape index (κ2) is 8.78. The van der Waals surface area contributed by atoms with Crippen LogP contribution in [0.15, 0.2) is 36.5 Å². The van der Waals surface area contributed by atoms with Gasteiger partial charge in [0.1, 0.15) is 5.69 Å². The van der Waals surface area contributed by atoms with Crippen LogP contribution in [-0.2, 0) is 4.74 Å². The number of aromatic nitrogens is 1. The van der Waals surface area contributed by atoms with E-state index in [1.807, 2.05) is 32.0 Å². The summed E-state index contributed by atoms with van der Waals surface area (Å²) < 4.78 is 5.36. The number of rotatable bonds is 6. The Bertz CT molecular complexity index is 737. The maximum Gasteiger partial charge on any atom is 0.274 e. The topological polar surface area (TPSA) is 66.5 Å². The predicted molar refractivity (Wildman–Crippen MR) is 104 cm³/mol. The standard InChI is InChI=1S/C20H26N4O2/c1-15-11-16(2)13-18(12-15)23-20(25)19-14-17(3-4-22-19)21-5-6-24-7-9-26-10-8-24/h3-4,11-14H,5-10H2,1-2H3,(H,21,22)(H,23,25). The van der Waals surface area contributed by atoms with Gasteiger partial charge in [-0.1, -0.05) is 6.07 Å². The molecule has 2 heterocycles. The number of hydrogen-bond donors (Lipinski definition) is 2. The van der Waals surface area contributed by atoms with Crippen LogP contribution in [0, 0.1) is 13.8 Å². The molecular formula is C20H26N4O2. The lowest BCUT2D eigenvalue weighted by Gasteiger charge is -2.26. The summed E-state index contributed by atoms with van der Waals surface area (Å²) in [6, 6.07) is 9.65. The van der Waals surface area contributed by atoms with Crippen molar-refractivity contribution in [3.8, 4) is 0 Å². The molecule has 1 aliphatic heterocycles. The maximum atomic E-state index is 12.5. The lowest BCUT2D eigenvalue weighted by atomic mass is 10.1. The highest BCUT2D eigenvalue weighted by Gasteiger charge is 2.11. The minimum absolute atomic E-state index is 0.202. The third-order valence-electron chi connectivity index (χ3n) is 4.33. The van der Waals surface area contributed by atoms with E-state index < -0.39 is 0 Å². The first-order chi connectivity index (χ1) is 12.6. The number of carbonyl (C=O) groups excluding carboxylic acids is 1. The van der Waals surface area contributed by atoms with Crippen LogP contribution in [0.3, 0.4) is 0 Å². The normalized spacial score (nSPS) is 14.8. The van der Waals surface area contributed by atoms with Gasteiger partial charge in [0.2, 0.25) is 0 Å². The molecule has 0 bridgehead atoms. The van der Waals surface area contributed by atoms with Crippen molar-refractivity contribution in [1.29, 1.82) is 0 Å². The molecule has 0 saturated carbocycles. The molecule has 0 unspecified atom stereocenters. The van der Waals surface area contributed by atoms with E-state index in [2.05, 4.69) is 26.6 Å². The van der Waals surface area contributed by atoms with E-state index in [0.29, 0.717) is 5.69 Å². The van der Waals surface area contributed by atoms with Crippen molar-refractivity contribution >= 4 is 17.3 Å². The molecule has 6 heteroatoms. The molecule has 1 aromatic heterocycles. The van der Waals surface area contributed by atoms with Crippen LogP contribution in [-0.4, -0.2) is 55.2 Å². The highest BCUT2D eigenvalue weighted by atomic mass is 16.5. The summed E-state index contributed by atoms with van der Waals surface area (Å²) in [5.41, 5.74) is 4.33. The fourth-order valence-electron chi connectivity index (χ4n) is 3.09. The molecule has 1 fully saturated rings. The van der Waals surface area contributed by atoms with E-state index in [4.69, 9.17) is 4.74 Å². The zero-order valence-electron chi connectivity index (χ0n) is 15.4. The summed E-state index contributed by atoms with van der Waals surface area (Å²) in [6.45, 7) is 9.36. The average molecular weight is 354 g/mol. The summed E-state index contributed by atoms with van der Waals surface area (Å²) in [6.07, 6.45) is 1.66. The number of nitrogens with zero attached hydrogens (tertiary/aromatic N) is 2. The Hall–Kier alpha value is -2.44. The van der Waals surface area contributed by atoms with Gasteiger partial charge in [-0.2, -0.15) is 0 Å². The van der Waals surface area contributed by atoms with Gasteiger partial charge in [0.25, 0.3) is 5.91 Å². The number of benzene rings is 1. The summed E-state index contributed by atoms with van der Waals surface area (Å²) in [5.74, 6) is -0.202. The van der Waals surface area contributed by atoms with Gasteiger partial charge in [-0.3, -0.25) is 14.7 Å². The van der Waals surface area contributed by atoms with Gasteiger partial charge in [0.15, 0.2) is 0 Å². The second-order valence-electron chi connectivity index (χ2n) is 6.64. The quantitative estimate of drug-likeness (QED) is 0.835. The van der Waals surface area contributed by atoms with E-state index in [1.165, 1.54) is 0 Å². The Morgan fingerprint density at radius 1 is 1.12 bits per heavy atom. The van der Waals surface area contributed by atoms with E-state index in [0.717, 1.165) is 61.9 Å². The molecule has 1 amide bonds. The lowest BCUT2D eigenvalue weighted by molar-refractivity contribution is 0.0398. The van der Waals surface area contributed by atoms with Crippen LogP contribution in [0.4, 0.5) is 11.4 Å². The highest BCUT2D eigenvalue weighted by Crippen LogP contribution is 2.15. The number of carbonyl (C=O) groups is 1. The summed E-state index contributed by atoms with van der Waals surface area (Å²) in [7, 11) is 0. The van der Waals surface area contributed by atoms with Crippen LogP contribution >= 0.6 is 0 Å². The van der Waals surface area contributed by atoms with Gasteiger partial charge in [-0.25, -0.2) is 0 Å². The number of pyridine rings is 1. The minimum Gasteiger partial charge on any atom is -0.384 e. The van der Waals surface area contributed by atoms with Gasteiger partial charge in [-0.15, -0.1) is 0 Å². The Morgan fingerprint density at radius 2 is 1.85 bits per heavy atom. The van der Waals surface area contributed by atoms with Crippen LogP contribution in [0.5, 0.6) is 0 Å². The van der Waals surface area contributed by atoms with Crippen molar-refractivity contribution in [3.63, 3.8) is 0 Å². The maximum absolute atomic E-state index is 12.5. The third kappa shape index (κ3) is 5.28. The molecule has 1 aliphatic rings. The van der Waals surface area contributed by atoms with Crippen molar-refractivity contribution < 1.29 is 9.53 Å². The molecular weight excluding hydrogens is 328 g/mol. The van der Waals surface area contributed by atoms with Crippen molar-refractivity contribution in [2.45, 2.75) is 13.8 Å². The molecule has 3 rings (SSSR count). The largest absolute Gasteiger partial charge is 0.384 e. The number of morpholine rings is 1. The van der Waals surface area contributed by atoms with Crippen LogP contribution in [0.1, 0.15) is 21.6 Å². The van der Waals surface area contributed by atoms with Crippen LogP contribution < -0.4 is 10.6 Å². The van der Waals surface area contributed by atoms with Crippen molar-refractivity contribution in [2.75, 3.05) is 50.0 Å². The average Bonchev–Trinajstić information content (AvgIpc) is 2.62. The van der Waals surface area contributed by atoms with Gasteiger partial charge >= 0.3 is 0 Å². The number of amides is 1. The smallest absolute Gasteiger partial charge is 0.274 e. The molecule has 138 valence electrons. The van der Waals surface area contributed by atoms with Crippen molar-refractivity contribution in [2.24, 2.45) is 0 Å². The molecule has 26 heavy (non-hydrogen) atoms. The molecule has 6 nitrogen and oxygen atoms in total. The zero-order valence-corrected chi connectivity index (χ0v) is 15.4. The van der Waals surface area contributed by atoms with Crippen molar-refractivity contribution in [3.05, 3.63) is 53.3 Å². The summed E-state index contributed by atoms with van der Waals surface area (Å²) >= 11 is 0. The molecule has 1 saturated heterocycles. The Labute approximate surface area is 154 Å². The van der Waals surface area contributed by atoms with E-state index in [1.54, 1.807) is 12.3 Å².